The van der Waals surface area contributed by atoms with Crippen molar-refractivity contribution in [3.05, 3.63) is 56.8 Å². The highest BCUT2D eigenvalue weighted by molar-refractivity contribution is 7.12. The number of hydrogen-bond donors (Lipinski definition) is 0. The summed E-state index contributed by atoms with van der Waals surface area (Å²) in [7, 11) is 2.24. The van der Waals surface area contributed by atoms with E-state index < -0.39 is 0 Å². The van der Waals surface area contributed by atoms with Crippen molar-refractivity contribution in [2.75, 3.05) is 13.6 Å². The van der Waals surface area contributed by atoms with Crippen LogP contribution in [0.5, 0.6) is 0 Å². The summed E-state index contributed by atoms with van der Waals surface area (Å²) in [6.45, 7) is 6.76. The van der Waals surface area contributed by atoms with E-state index in [1.807, 2.05) is 11.3 Å². The highest BCUT2D eigenvalue weighted by atomic mass is 32.1. The first-order valence-corrected chi connectivity index (χ1v) is 8.36. The Morgan fingerprint density at radius 2 is 2.05 bits per heavy atom. The lowest BCUT2D eigenvalue weighted by molar-refractivity contribution is 0.299. The van der Waals surface area contributed by atoms with E-state index in [0.717, 1.165) is 13.1 Å². The molecule has 0 saturated heterocycles. The fourth-order valence-corrected chi connectivity index (χ4v) is 4.66. The molecule has 1 aliphatic heterocycles. The van der Waals surface area contributed by atoms with Gasteiger partial charge in [-0.15, -0.1) is 11.3 Å². The monoisotopic (exact) mass is 285 g/mol. The van der Waals surface area contributed by atoms with Gasteiger partial charge < -0.3 is 4.90 Å². The zero-order chi connectivity index (χ0) is 14.1. The fourth-order valence-electron chi connectivity index (χ4n) is 3.25. The maximum atomic E-state index is 2.48. The molecular formula is C18H23NS. The van der Waals surface area contributed by atoms with Crippen LogP contribution in [-0.4, -0.2) is 18.5 Å². The van der Waals surface area contributed by atoms with Gasteiger partial charge in [0.15, 0.2) is 0 Å². The predicted molar refractivity (Wildman–Crippen MR) is 87.7 cm³/mol. The van der Waals surface area contributed by atoms with E-state index in [0.29, 0.717) is 5.92 Å². The molecule has 3 rings (SSSR count). The molecule has 1 aliphatic rings. The third-order valence-electron chi connectivity index (χ3n) is 4.24. The first-order valence-electron chi connectivity index (χ1n) is 7.54. The van der Waals surface area contributed by atoms with E-state index in [-0.39, 0.29) is 0 Å². The molecule has 0 aliphatic carbocycles. The minimum absolute atomic E-state index is 0.548. The number of likely N-dealkylation sites (N-methyl/N-ethyl adjacent to an activating group) is 1. The van der Waals surface area contributed by atoms with Gasteiger partial charge in [-0.25, -0.2) is 0 Å². The van der Waals surface area contributed by atoms with E-state index in [9.17, 15) is 0 Å². The zero-order valence-electron chi connectivity index (χ0n) is 12.6. The van der Waals surface area contributed by atoms with Gasteiger partial charge in [-0.2, -0.15) is 0 Å². The van der Waals surface area contributed by atoms with Crippen LogP contribution < -0.4 is 0 Å². The fraction of sp³-hybridized carbons (Fsp3) is 0.444. The summed E-state index contributed by atoms with van der Waals surface area (Å²) < 4.78 is 0. The predicted octanol–water partition coefficient (Wildman–Crippen LogP) is 4.59. The Morgan fingerprint density at radius 3 is 2.80 bits per heavy atom. The molecule has 1 aromatic carbocycles. The minimum Gasteiger partial charge on any atom is -0.300 e. The minimum atomic E-state index is 0.548. The molecule has 1 atom stereocenters. The molecule has 20 heavy (non-hydrogen) atoms. The van der Waals surface area contributed by atoms with Crippen molar-refractivity contribution in [2.45, 2.75) is 39.2 Å². The molecule has 0 amide bonds. The van der Waals surface area contributed by atoms with E-state index >= 15 is 0 Å². The van der Waals surface area contributed by atoms with E-state index in [4.69, 9.17) is 0 Å². The number of nitrogens with zero attached hydrogens (tertiary/aromatic N) is 1. The van der Waals surface area contributed by atoms with Crippen LogP contribution in [0.15, 0.2) is 30.3 Å². The highest BCUT2D eigenvalue weighted by Crippen LogP contribution is 2.39. The molecule has 1 nitrogen and oxygen atoms in total. The Morgan fingerprint density at radius 1 is 1.25 bits per heavy atom. The number of hydrogen-bond acceptors (Lipinski definition) is 2. The van der Waals surface area contributed by atoms with Gasteiger partial charge in [0.2, 0.25) is 0 Å². The first-order chi connectivity index (χ1) is 9.69. The van der Waals surface area contributed by atoms with Crippen molar-refractivity contribution < 1.29 is 0 Å². The van der Waals surface area contributed by atoms with E-state index in [1.54, 1.807) is 15.3 Å². The molecule has 0 fully saturated rings. The first kappa shape index (κ1) is 13.8. The Kier molecular flexibility index (Phi) is 3.95. The van der Waals surface area contributed by atoms with Gasteiger partial charge in [-0.1, -0.05) is 37.6 Å². The Labute approximate surface area is 126 Å². The maximum absolute atomic E-state index is 2.48. The highest BCUT2D eigenvalue weighted by Gasteiger charge is 2.27. The summed E-state index contributed by atoms with van der Waals surface area (Å²) in [6, 6.07) is 11.3. The molecular weight excluding hydrogens is 262 g/mol. The molecule has 0 bridgehead atoms. The molecule has 0 radical (unpaired) electrons. The van der Waals surface area contributed by atoms with Gasteiger partial charge >= 0.3 is 0 Å². The summed E-state index contributed by atoms with van der Waals surface area (Å²) in [5.74, 6) is 0.548. The molecule has 0 spiro atoms. The van der Waals surface area contributed by atoms with Crippen molar-refractivity contribution in [2.24, 2.45) is 0 Å². The summed E-state index contributed by atoms with van der Waals surface area (Å²) in [5.41, 5.74) is 4.51. The van der Waals surface area contributed by atoms with Crippen molar-refractivity contribution >= 4 is 11.3 Å². The standard InChI is InChI=1S/C18H23NS/c1-4-7-14-10-16-17(11-19(3)12-18(16)20-14)15-9-6-5-8-13(15)2/h5-6,8-10,17H,4,7,11-12H2,1-3H3. The van der Waals surface area contributed by atoms with Crippen LogP contribution >= 0.6 is 11.3 Å². The summed E-state index contributed by atoms with van der Waals surface area (Å²) in [5, 5.41) is 0. The third-order valence-corrected chi connectivity index (χ3v) is 5.43. The van der Waals surface area contributed by atoms with Gasteiger partial charge in [-0.3, -0.25) is 0 Å². The van der Waals surface area contributed by atoms with Gasteiger partial charge in [0.05, 0.1) is 0 Å². The summed E-state index contributed by atoms with van der Waals surface area (Å²) in [4.78, 5) is 5.60. The Bertz CT molecular complexity index is 599. The van der Waals surface area contributed by atoms with Crippen LogP contribution in [0, 0.1) is 6.92 Å². The zero-order valence-corrected chi connectivity index (χ0v) is 13.5. The molecule has 1 aromatic heterocycles. The van der Waals surface area contributed by atoms with Crippen LogP contribution in [0.2, 0.25) is 0 Å². The van der Waals surface area contributed by atoms with E-state index in [2.05, 4.69) is 56.1 Å². The number of fused-ring (bicyclic) bond motifs is 1. The molecule has 0 saturated carbocycles. The lowest BCUT2D eigenvalue weighted by Gasteiger charge is -2.31. The van der Waals surface area contributed by atoms with Crippen molar-refractivity contribution in [1.29, 1.82) is 0 Å². The largest absolute Gasteiger partial charge is 0.300 e. The average molecular weight is 285 g/mol. The van der Waals surface area contributed by atoms with Gasteiger partial charge in [0, 0.05) is 28.8 Å². The van der Waals surface area contributed by atoms with Crippen LogP contribution in [0.3, 0.4) is 0 Å². The molecule has 106 valence electrons. The Hall–Kier alpha value is -1.12. The SMILES string of the molecule is CCCc1cc2c(s1)CN(C)CC2c1ccccc1C. The lowest BCUT2D eigenvalue weighted by atomic mass is 9.86. The van der Waals surface area contributed by atoms with Crippen LogP contribution in [0.1, 0.15) is 45.7 Å². The second-order valence-electron chi connectivity index (χ2n) is 5.95. The molecule has 1 unspecified atom stereocenters. The van der Waals surface area contributed by atoms with Crippen molar-refractivity contribution in [3.8, 4) is 0 Å². The summed E-state index contributed by atoms with van der Waals surface area (Å²) >= 11 is 2.03. The van der Waals surface area contributed by atoms with Gasteiger partial charge in [0.25, 0.3) is 0 Å². The number of benzene rings is 1. The lowest BCUT2D eigenvalue weighted by Crippen LogP contribution is -2.30. The van der Waals surface area contributed by atoms with Gasteiger partial charge in [-0.05, 0) is 43.1 Å². The quantitative estimate of drug-likeness (QED) is 0.797. The summed E-state index contributed by atoms with van der Waals surface area (Å²) in [6.07, 6.45) is 2.46. The van der Waals surface area contributed by atoms with Crippen LogP contribution in [0.4, 0.5) is 0 Å². The van der Waals surface area contributed by atoms with Crippen LogP contribution in [-0.2, 0) is 13.0 Å². The number of thiophene rings is 1. The molecule has 2 heterocycles. The molecule has 0 N–H and O–H groups in total. The van der Waals surface area contributed by atoms with Crippen molar-refractivity contribution in [1.82, 2.24) is 4.90 Å². The second-order valence-corrected chi connectivity index (χ2v) is 7.17. The number of aryl methyl sites for hydroxylation is 2. The normalized spacial score (nSPS) is 19.1. The van der Waals surface area contributed by atoms with Crippen molar-refractivity contribution in [3.63, 3.8) is 0 Å². The smallest absolute Gasteiger partial charge is 0.0328 e. The topological polar surface area (TPSA) is 3.24 Å². The third kappa shape index (κ3) is 2.55. The maximum Gasteiger partial charge on any atom is 0.0328 e. The second kappa shape index (κ2) is 5.71. The Balaban J connectivity index is 2.03. The van der Waals surface area contributed by atoms with E-state index in [1.165, 1.54) is 24.0 Å². The average Bonchev–Trinajstić information content (AvgIpc) is 2.81. The molecule has 2 heteroatoms. The van der Waals surface area contributed by atoms with Crippen LogP contribution in [0.25, 0.3) is 0 Å². The van der Waals surface area contributed by atoms with Gasteiger partial charge in [0.1, 0.15) is 0 Å². The number of rotatable bonds is 3. The molecule has 2 aromatic rings.